The van der Waals surface area contributed by atoms with Crippen molar-refractivity contribution in [2.75, 3.05) is 5.75 Å². The second-order valence-corrected chi connectivity index (χ2v) is 6.28. The topological polar surface area (TPSA) is 53.8 Å². The number of hydrogen-bond donors (Lipinski definition) is 0. The van der Waals surface area contributed by atoms with Gasteiger partial charge in [-0.1, -0.05) is 0 Å². The van der Waals surface area contributed by atoms with Gasteiger partial charge in [0.05, 0.1) is 5.69 Å². The first kappa shape index (κ1) is 17.7. The van der Waals surface area contributed by atoms with Gasteiger partial charge in [-0.05, 0) is 36.7 Å². The summed E-state index contributed by atoms with van der Waals surface area (Å²) in [5.41, 5.74) is 1.25. The summed E-state index contributed by atoms with van der Waals surface area (Å²) in [5, 5.41) is 3.58. The Balaban J connectivity index is 2.43. The molecule has 0 aliphatic carbocycles. The van der Waals surface area contributed by atoms with E-state index in [0.717, 1.165) is 11.0 Å². The average molecular weight is 353 g/mol. The van der Waals surface area contributed by atoms with Crippen molar-refractivity contribution >= 4 is 11.2 Å². The number of alkyl halides is 5. The van der Waals surface area contributed by atoms with Crippen molar-refractivity contribution in [2.24, 2.45) is 0 Å². The van der Waals surface area contributed by atoms with Crippen LogP contribution in [-0.2, 0) is 11.2 Å². The van der Waals surface area contributed by atoms with Crippen molar-refractivity contribution in [3.8, 4) is 5.69 Å². The van der Waals surface area contributed by atoms with E-state index < -0.39 is 35.4 Å². The van der Waals surface area contributed by atoms with Crippen molar-refractivity contribution < 1.29 is 26.5 Å². The molecule has 0 saturated heterocycles. The first-order chi connectivity index (χ1) is 10.6. The summed E-state index contributed by atoms with van der Waals surface area (Å²) in [4.78, 5) is 3.42. The summed E-state index contributed by atoms with van der Waals surface area (Å²) in [5.74, 6) is -2.17. The smallest absolute Gasteiger partial charge is 0.433 e. The predicted molar refractivity (Wildman–Crippen MR) is 73.1 cm³/mol. The molecule has 0 radical (unpaired) electrons. The van der Waals surface area contributed by atoms with E-state index in [0.29, 0.717) is 11.1 Å². The maximum Gasteiger partial charge on any atom is 0.433 e. The summed E-state index contributed by atoms with van der Waals surface area (Å²) in [6, 6.07) is 2.79. The molecule has 0 spiro atoms. The number of aryl methyl sites for hydroxylation is 2. The molecule has 0 aliphatic heterocycles. The highest BCUT2D eigenvalue weighted by Gasteiger charge is 2.36. The first-order valence-electron chi connectivity index (χ1n) is 6.35. The second kappa shape index (κ2) is 6.44. The molecule has 0 bridgehead atoms. The van der Waals surface area contributed by atoms with Crippen LogP contribution < -0.4 is 0 Å². The van der Waals surface area contributed by atoms with Crippen LogP contribution in [0.3, 0.4) is 0 Å². The van der Waals surface area contributed by atoms with Gasteiger partial charge in [0.15, 0.2) is 4.90 Å². The maximum atomic E-state index is 12.5. The Morgan fingerprint density at radius 1 is 1.22 bits per heavy atom. The lowest BCUT2D eigenvalue weighted by atomic mass is 10.1. The van der Waals surface area contributed by atoms with Crippen LogP contribution in [0.1, 0.15) is 23.4 Å². The van der Waals surface area contributed by atoms with E-state index in [4.69, 9.17) is 0 Å². The minimum Gasteiger partial charge on any atom is -0.611 e. The van der Waals surface area contributed by atoms with E-state index in [1.807, 2.05) is 0 Å². The van der Waals surface area contributed by atoms with E-state index in [1.165, 1.54) is 19.1 Å². The lowest BCUT2D eigenvalue weighted by Gasteiger charge is -2.16. The van der Waals surface area contributed by atoms with E-state index in [-0.39, 0.29) is 10.6 Å². The summed E-state index contributed by atoms with van der Waals surface area (Å²) >= 11 is -2.29. The minimum absolute atomic E-state index is 0.0166. The zero-order valence-electron chi connectivity index (χ0n) is 12.1. The van der Waals surface area contributed by atoms with Gasteiger partial charge in [-0.3, -0.25) is 0 Å². The van der Waals surface area contributed by atoms with Crippen LogP contribution in [0.25, 0.3) is 5.69 Å². The molecule has 23 heavy (non-hydrogen) atoms. The highest BCUT2D eigenvalue weighted by atomic mass is 32.2. The summed E-state index contributed by atoms with van der Waals surface area (Å²) in [7, 11) is 0. The first-order valence-corrected chi connectivity index (χ1v) is 7.67. The van der Waals surface area contributed by atoms with Gasteiger partial charge in [0, 0.05) is 11.6 Å². The Labute approximate surface area is 131 Å². The van der Waals surface area contributed by atoms with Crippen molar-refractivity contribution in [3.05, 3.63) is 35.4 Å². The normalized spacial score (nSPS) is 13.6. The molecular weight excluding hydrogens is 341 g/mol. The van der Waals surface area contributed by atoms with Crippen LogP contribution in [0.15, 0.2) is 23.4 Å². The fourth-order valence-electron chi connectivity index (χ4n) is 2.03. The molecular formula is C13H12F5N3OS. The molecule has 0 amide bonds. The van der Waals surface area contributed by atoms with Gasteiger partial charge < -0.3 is 4.55 Å². The molecule has 1 heterocycles. The molecule has 0 N–H and O–H groups in total. The molecule has 1 atom stereocenters. The Hall–Kier alpha value is -1.68. The number of hydrogen-bond acceptors (Lipinski definition) is 3. The summed E-state index contributed by atoms with van der Waals surface area (Å²) < 4.78 is 75.3. The van der Waals surface area contributed by atoms with Crippen molar-refractivity contribution in [3.63, 3.8) is 0 Å². The van der Waals surface area contributed by atoms with Crippen molar-refractivity contribution in [1.82, 2.24) is 14.8 Å². The molecule has 1 aromatic carbocycles. The number of aromatic nitrogens is 3. The Morgan fingerprint density at radius 3 is 2.39 bits per heavy atom. The van der Waals surface area contributed by atoms with Crippen LogP contribution in [-0.4, -0.2) is 31.2 Å². The molecule has 10 heteroatoms. The molecule has 4 nitrogen and oxygen atoms in total. The van der Waals surface area contributed by atoms with Crippen LogP contribution in [0.2, 0.25) is 0 Å². The van der Waals surface area contributed by atoms with Crippen molar-refractivity contribution in [1.29, 1.82) is 0 Å². The Morgan fingerprint density at radius 2 is 1.87 bits per heavy atom. The molecule has 1 unspecified atom stereocenters. The highest BCUT2D eigenvalue weighted by molar-refractivity contribution is 7.91. The zero-order chi connectivity index (χ0) is 17.4. The number of benzene rings is 1. The summed E-state index contributed by atoms with van der Waals surface area (Å²) in [6.45, 7) is 3.18. The number of rotatable bonds is 4. The lowest BCUT2D eigenvalue weighted by molar-refractivity contribution is -0.106. The van der Waals surface area contributed by atoms with Crippen LogP contribution >= 0.6 is 0 Å². The molecule has 2 aromatic rings. The number of nitrogens with zero attached hydrogens (tertiary/aromatic N) is 3. The Bertz CT molecular complexity index is 701. The number of halogens is 5. The van der Waals surface area contributed by atoms with Crippen LogP contribution in [0.4, 0.5) is 22.0 Å². The van der Waals surface area contributed by atoms with E-state index >= 15 is 0 Å². The molecule has 126 valence electrons. The van der Waals surface area contributed by atoms with Crippen LogP contribution in [0.5, 0.6) is 0 Å². The molecule has 2 rings (SSSR count). The third-order valence-corrected chi connectivity index (χ3v) is 4.51. The predicted octanol–water partition coefficient (Wildman–Crippen LogP) is 3.49. The Kier molecular flexibility index (Phi) is 4.95. The minimum atomic E-state index is -4.57. The fourth-order valence-corrected chi connectivity index (χ4v) is 3.15. The lowest BCUT2D eigenvalue weighted by Crippen LogP contribution is -2.23. The third kappa shape index (κ3) is 4.20. The van der Waals surface area contributed by atoms with E-state index in [9.17, 15) is 26.5 Å². The largest absolute Gasteiger partial charge is 0.611 e. The monoisotopic (exact) mass is 353 g/mol. The van der Waals surface area contributed by atoms with Crippen LogP contribution in [0, 0.1) is 13.8 Å². The molecule has 0 saturated carbocycles. The maximum absolute atomic E-state index is 12.5. The van der Waals surface area contributed by atoms with Gasteiger partial charge in [-0.2, -0.15) is 13.2 Å². The van der Waals surface area contributed by atoms with Crippen molar-refractivity contribution in [2.45, 2.75) is 31.3 Å². The van der Waals surface area contributed by atoms with Gasteiger partial charge in [0.2, 0.25) is 11.6 Å². The van der Waals surface area contributed by atoms with Gasteiger partial charge in [0.25, 0.3) is 6.43 Å². The molecule has 0 fully saturated rings. The fraction of sp³-hybridized carbons (Fsp3) is 0.385. The molecule has 0 aliphatic rings. The second-order valence-electron chi connectivity index (χ2n) is 4.86. The van der Waals surface area contributed by atoms with Gasteiger partial charge in [0.1, 0.15) is 6.33 Å². The van der Waals surface area contributed by atoms with Gasteiger partial charge in [-0.15, -0.1) is 5.10 Å². The average Bonchev–Trinajstić information content (AvgIpc) is 2.86. The standard InChI is InChI=1S/C13H12F5N3OS/c1-7-3-8(2)10(23(22)5-13(16,17)18)4-9(7)21-6-19-12(20-21)11(14)15/h3-4,6,11H,5H2,1-2H3. The molecule has 1 aromatic heterocycles. The summed E-state index contributed by atoms with van der Waals surface area (Å²) in [6.07, 6.45) is -6.39. The third-order valence-electron chi connectivity index (χ3n) is 2.99. The zero-order valence-corrected chi connectivity index (χ0v) is 12.9. The SMILES string of the molecule is Cc1cc(C)c([S+]([O-])CC(F)(F)F)cc1-n1cnc(C(F)F)n1. The highest BCUT2D eigenvalue weighted by Crippen LogP contribution is 2.28. The van der Waals surface area contributed by atoms with E-state index in [2.05, 4.69) is 10.1 Å². The quantitative estimate of drug-likeness (QED) is 0.625. The van der Waals surface area contributed by atoms with Gasteiger partial charge >= 0.3 is 6.18 Å². The van der Waals surface area contributed by atoms with E-state index in [1.54, 1.807) is 6.92 Å². The van der Waals surface area contributed by atoms with Gasteiger partial charge in [-0.25, -0.2) is 18.4 Å².